The molecule has 166 valence electrons. The number of carbonyl (C=O) groups is 3. The molecule has 0 bridgehead atoms. The molecule has 2 amide bonds. The van der Waals surface area contributed by atoms with E-state index in [0.29, 0.717) is 18.4 Å². The lowest BCUT2D eigenvalue weighted by molar-refractivity contribution is -0.384. The van der Waals surface area contributed by atoms with Gasteiger partial charge in [0.15, 0.2) is 0 Å². The van der Waals surface area contributed by atoms with Crippen molar-refractivity contribution < 1.29 is 33.9 Å². The van der Waals surface area contributed by atoms with Gasteiger partial charge in [0.2, 0.25) is 0 Å². The molecule has 0 fully saturated rings. The van der Waals surface area contributed by atoms with Crippen LogP contribution in [-0.2, 0) is 20.9 Å². The number of amides is 2. The minimum absolute atomic E-state index is 0.0370. The molecule has 0 radical (unpaired) electrons. The van der Waals surface area contributed by atoms with Crippen molar-refractivity contribution in [1.29, 1.82) is 0 Å². The molecule has 1 rings (SSSR count). The van der Waals surface area contributed by atoms with E-state index in [-0.39, 0.29) is 25.3 Å². The second kappa shape index (κ2) is 11.6. The number of benzene rings is 1. The summed E-state index contributed by atoms with van der Waals surface area (Å²) in [6, 6.07) is 4.54. The summed E-state index contributed by atoms with van der Waals surface area (Å²) in [6.45, 7) is 5.25. The monoisotopic (exact) mass is 425 g/mol. The number of nitro benzene ring substituents is 1. The van der Waals surface area contributed by atoms with E-state index in [9.17, 15) is 29.6 Å². The molecule has 0 unspecified atom stereocenters. The molecule has 0 saturated heterocycles. The van der Waals surface area contributed by atoms with Crippen LogP contribution < -0.4 is 10.6 Å². The SMILES string of the molecule is CC(C)(C)OC(=O)N[C@H](CCCCNC(=O)OCc1ccc([N+](=O)[O-])cc1)C(=O)O. The number of carboxylic acids is 1. The van der Waals surface area contributed by atoms with Crippen molar-refractivity contribution in [1.82, 2.24) is 10.6 Å². The van der Waals surface area contributed by atoms with E-state index >= 15 is 0 Å². The first-order chi connectivity index (χ1) is 14.0. The van der Waals surface area contributed by atoms with E-state index < -0.39 is 34.7 Å². The summed E-state index contributed by atoms with van der Waals surface area (Å²) in [5, 5.41) is 24.6. The van der Waals surface area contributed by atoms with E-state index in [2.05, 4.69) is 10.6 Å². The highest BCUT2D eigenvalue weighted by Crippen LogP contribution is 2.12. The van der Waals surface area contributed by atoms with Gasteiger partial charge >= 0.3 is 18.2 Å². The molecule has 0 saturated carbocycles. The number of carbonyl (C=O) groups excluding carboxylic acids is 2. The Hall–Kier alpha value is -3.37. The molecule has 0 heterocycles. The first-order valence-electron chi connectivity index (χ1n) is 9.34. The minimum atomic E-state index is -1.17. The third-order valence-electron chi connectivity index (χ3n) is 3.70. The van der Waals surface area contributed by atoms with Gasteiger partial charge in [0.05, 0.1) is 4.92 Å². The Labute approximate surface area is 173 Å². The molecule has 0 aliphatic heterocycles. The molecule has 3 N–H and O–H groups in total. The molecule has 1 aromatic rings. The molecule has 0 aliphatic rings. The van der Waals surface area contributed by atoms with Gasteiger partial charge in [-0.1, -0.05) is 0 Å². The predicted octanol–water partition coefficient (Wildman–Crippen LogP) is 2.97. The maximum absolute atomic E-state index is 11.7. The van der Waals surface area contributed by atoms with Crippen LogP contribution in [0.3, 0.4) is 0 Å². The van der Waals surface area contributed by atoms with Gasteiger partial charge in [-0.25, -0.2) is 14.4 Å². The van der Waals surface area contributed by atoms with E-state index in [0.717, 1.165) is 0 Å². The van der Waals surface area contributed by atoms with Gasteiger partial charge in [0.1, 0.15) is 18.2 Å². The number of non-ortho nitro benzene ring substituents is 1. The zero-order chi connectivity index (χ0) is 22.7. The molecule has 0 aliphatic carbocycles. The van der Waals surface area contributed by atoms with Gasteiger partial charge in [0.25, 0.3) is 5.69 Å². The molecular weight excluding hydrogens is 398 g/mol. The first-order valence-corrected chi connectivity index (χ1v) is 9.34. The number of alkyl carbamates (subject to hydrolysis) is 2. The summed E-state index contributed by atoms with van der Waals surface area (Å²) >= 11 is 0. The van der Waals surface area contributed by atoms with Crippen molar-refractivity contribution >= 4 is 23.8 Å². The van der Waals surface area contributed by atoms with E-state index in [1.165, 1.54) is 24.3 Å². The maximum Gasteiger partial charge on any atom is 0.408 e. The average molecular weight is 425 g/mol. The summed E-state index contributed by atoms with van der Waals surface area (Å²) in [5.74, 6) is -1.17. The Bertz CT molecular complexity index is 743. The summed E-state index contributed by atoms with van der Waals surface area (Å²) in [7, 11) is 0. The van der Waals surface area contributed by atoms with Gasteiger partial charge in [-0.3, -0.25) is 10.1 Å². The number of hydrogen-bond acceptors (Lipinski definition) is 7. The second-order valence-electron chi connectivity index (χ2n) is 7.46. The molecule has 1 atom stereocenters. The van der Waals surface area contributed by atoms with Crippen molar-refractivity contribution in [3.63, 3.8) is 0 Å². The zero-order valence-electron chi connectivity index (χ0n) is 17.2. The van der Waals surface area contributed by atoms with Crippen LogP contribution in [0.4, 0.5) is 15.3 Å². The van der Waals surface area contributed by atoms with Crippen LogP contribution in [-0.4, -0.2) is 46.4 Å². The molecular formula is C19H27N3O8. The number of nitrogens with one attached hydrogen (secondary N) is 2. The summed E-state index contributed by atoms with van der Waals surface area (Å²) in [6.07, 6.45) is -0.367. The fraction of sp³-hybridized carbons (Fsp3) is 0.526. The van der Waals surface area contributed by atoms with Gasteiger partial charge in [-0.15, -0.1) is 0 Å². The van der Waals surface area contributed by atoms with E-state index in [4.69, 9.17) is 9.47 Å². The van der Waals surface area contributed by atoms with Gasteiger partial charge in [0, 0.05) is 18.7 Å². The summed E-state index contributed by atoms with van der Waals surface area (Å²) in [4.78, 5) is 44.7. The van der Waals surface area contributed by atoms with Crippen LogP contribution in [0.5, 0.6) is 0 Å². The number of ether oxygens (including phenoxy) is 2. The lowest BCUT2D eigenvalue weighted by Crippen LogP contribution is -2.43. The van der Waals surface area contributed by atoms with Crippen LogP contribution >= 0.6 is 0 Å². The summed E-state index contributed by atoms with van der Waals surface area (Å²) in [5.41, 5.74) is -0.177. The fourth-order valence-corrected chi connectivity index (χ4v) is 2.28. The lowest BCUT2D eigenvalue weighted by atomic mass is 10.1. The van der Waals surface area contributed by atoms with Gasteiger partial charge < -0.3 is 25.2 Å². The van der Waals surface area contributed by atoms with Crippen LogP contribution in [0.2, 0.25) is 0 Å². The number of carboxylic acid groups (broad SMARTS) is 1. The molecule has 30 heavy (non-hydrogen) atoms. The molecule has 11 nitrogen and oxygen atoms in total. The number of hydrogen-bond donors (Lipinski definition) is 3. The van der Waals surface area contributed by atoms with Crippen LogP contribution in [0.15, 0.2) is 24.3 Å². The third-order valence-corrected chi connectivity index (χ3v) is 3.70. The zero-order valence-corrected chi connectivity index (χ0v) is 17.2. The first kappa shape index (κ1) is 24.7. The van der Waals surface area contributed by atoms with Gasteiger partial charge in [-0.05, 0) is 57.7 Å². The second-order valence-corrected chi connectivity index (χ2v) is 7.46. The van der Waals surface area contributed by atoms with Crippen molar-refractivity contribution in [3.05, 3.63) is 39.9 Å². The third kappa shape index (κ3) is 10.2. The Morgan fingerprint density at radius 1 is 1.13 bits per heavy atom. The molecule has 11 heteroatoms. The molecule has 0 spiro atoms. The number of nitro groups is 1. The molecule has 0 aromatic heterocycles. The van der Waals surface area contributed by atoms with Crippen molar-refractivity contribution in [2.75, 3.05) is 6.54 Å². The summed E-state index contributed by atoms with van der Waals surface area (Å²) < 4.78 is 10.0. The minimum Gasteiger partial charge on any atom is -0.480 e. The van der Waals surface area contributed by atoms with Crippen LogP contribution in [0.1, 0.15) is 45.6 Å². The molecule has 1 aromatic carbocycles. The number of rotatable bonds is 10. The quantitative estimate of drug-likeness (QED) is 0.293. The topological polar surface area (TPSA) is 157 Å². The standard InChI is InChI=1S/C19H27N3O8/c1-19(2,3)30-18(26)21-15(16(23)24)6-4-5-11-20-17(25)29-12-13-7-9-14(10-8-13)22(27)28/h7-10,15H,4-6,11-12H2,1-3H3,(H,20,25)(H,21,26)(H,23,24)/t15-/m1/s1. The predicted molar refractivity (Wildman–Crippen MR) is 106 cm³/mol. The van der Waals surface area contributed by atoms with Crippen molar-refractivity contribution in [3.8, 4) is 0 Å². The Kier molecular flexibility index (Phi) is 9.53. The average Bonchev–Trinajstić information content (AvgIpc) is 2.63. The van der Waals surface area contributed by atoms with Crippen LogP contribution in [0.25, 0.3) is 0 Å². The Morgan fingerprint density at radius 2 is 1.77 bits per heavy atom. The normalized spacial score (nSPS) is 11.8. The van der Waals surface area contributed by atoms with Crippen LogP contribution in [0, 0.1) is 10.1 Å². The highest BCUT2D eigenvalue weighted by molar-refractivity contribution is 5.79. The van der Waals surface area contributed by atoms with Crippen molar-refractivity contribution in [2.45, 2.75) is 58.3 Å². The highest BCUT2D eigenvalue weighted by atomic mass is 16.6. The Balaban J connectivity index is 2.26. The fourth-order valence-electron chi connectivity index (χ4n) is 2.28. The maximum atomic E-state index is 11.7. The van der Waals surface area contributed by atoms with E-state index in [1.807, 2.05) is 0 Å². The highest BCUT2D eigenvalue weighted by Gasteiger charge is 2.23. The number of nitrogens with zero attached hydrogens (tertiary/aromatic N) is 1. The lowest BCUT2D eigenvalue weighted by Gasteiger charge is -2.22. The smallest absolute Gasteiger partial charge is 0.408 e. The number of unbranched alkanes of at least 4 members (excludes halogenated alkanes) is 1. The van der Waals surface area contributed by atoms with Gasteiger partial charge in [-0.2, -0.15) is 0 Å². The van der Waals surface area contributed by atoms with Crippen molar-refractivity contribution in [2.24, 2.45) is 0 Å². The van der Waals surface area contributed by atoms with E-state index in [1.54, 1.807) is 20.8 Å². The number of aliphatic carboxylic acids is 1. The Morgan fingerprint density at radius 3 is 2.30 bits per heavy atom. The largest absolute Gasteiger partial charge is 0.480 e.